The molecule has 2 N–H and O–H groups in total. The van der Waals surface area contributed by atoms with Crippen LogP contribution in [0.15, 0.2) is 91.0 Å². The molecule has 5 rings (SSSR count). The SMILES string of the molecule is O=C(NC(Cc1ccc(C(F)(F)F)cc1)C(O)c1ccc(F)cc1)c1cccc2c1-c1ccccc1C2=O. The minimum atomic E-state index is -4.50. The van der Waals surface area contributed by atoms with E-state index in [9.17, 15) is 32.3 Å². The molecule has 2 atom stereocenters. The molecular weight excluding hydrogens is 498 g/mol. The Balaban J connectivity index is 1.48. The van der Waals surface area contributed by atoms with Crippen molar-refractivity contribution in [2.24, 2.45) is 0 Å². The summed E-state index contributed by atoms with van der Waals surface area (Å²) < 4.78 is 52.5. The quantitative estimate of drug-likeness (QED) is 0.265. The summed E-state index contributed by atoms with van der Waals surface area (Å²) >= 11 is 0. The first-order valence-electron chi connectivity index (χ1n) is 11.8. The lowest BCUT2D eigenvalue weighted by Gasteiger charge is -2.25. The molecule has 2 unspecified atom stereocenters. The van der Waals surface area contributed by atoms with Gasteiger partial charge in [-0.1, -0.05) is 60.7 Å². The first-order valence-corrected chi connectivity index (χ1v) is 11.8. The number of carbonyl (C=O) groups excluding carboxylic acids is 2. The van der Waals surface area contributed by atoms with Crippen LogP contribution in [0.5, 0.6) is 0 Å². The standard InChI is InChI=1S/C30H21F4NO3/c31-20-14-10-18(11-15-20)27(36)25(16-17-8-12-19(13-9-17)30(32,33)34)35-29(38)24-7-3-6-23-26(24)21-4-1-2-5-22(21)28(23)37/h1-15,25,27,36H,16H2,(H,35,38). The van der Waals surface area contributed by atoms with Crippen molar-refractivity contribution in [1.82, 2.24) is 5.32 Å². The van der Waals surface area contributed by atoms with Gasteiger partial charge in [0.1, 0.15) is 5.82 Å². The van der Waals surface area contributed by atoms with Crippen molar-refractivity contribution in [3.05, 3.63) is 130 Å². The van der Waals surface area contributed by atoms with Gasteiger partial charge in [0, 0.05) is 22.3 Å². The Kier molecular flexibility index (Phi) is 6.59. The first-order chi connectivity index (χ1) is 18.1. The van der Waals surface area contributed by atoms with Gasteiger partial charge in [0.05, 0.1) is 17.7 Å². The van der Waals surface area contributed by atoms with Gasteiger partial charge >= 0.3 is 6.18 Å². The van der Waals surface area contributed by atoms with Gasteiger partial charge in [0.2, 0.25) is 0 Å². The predicted octanol–water partition coefficient (Wildman–Crippen LogP) is 6.13. The molecule has 0 heterocycles. The van der Waals surface area contributed by atoms with Crippen molar-refractivity contribution in [2.75, 3.05) is 0 Å². The van der Waals surface area contributed by atoms with Crippen molar-refractivity contribution < 1.29 is 32.3 Å². The number of halogens is 4. The summed E-state index contributed by atoms with van der Waals surface area (Å²) in [5, 5.41) is 13.9. The summed E-state index contributed by atoms with van der Waals surface area (Å²) in [7, 11) is 0. The lowest BCUT2D eigenvalue weighted by atomic mass is 9.94. The molecule has 4 aromatic rings. The second kappa shape index (κ2) is 9.87. The molecule has 0 fully saturated rings. The highest BCUT2D eigenvalue weighted by Gasteiger charge is 2.33. The molecule has 0 bridgehead atoms. The van der Waals surface area contributed by atoms with Crippen LogP contribution in [0.2, 0.25) is 0 Å². The Hall–Kier alpha value is -4.30. The molecule has 0 radical (unpaired) electrons. The van der Waals surface area contributed by atoms with Gasteiger partial charge in [-0.25, -0.2) is 4.39 Å². The van der Waals surface area contributed by atoms with Crippen LogP contribution in [0.3, 0.4) is 0 Å². The zero-order valence-corrected chi connectivity index (χ0v) is 19.8. The van der Waals surface area contributed by atoms with Gasteiger partial charge in [0.25, 0.3) is 5.91 Å². The number of aliphatic hydroxyl groups is 1. The molecule has 1 aliphatic rings. The number of carbonyl (C=O) groups is 2. The molecule has 1 aliphatic carbocycles. The Morgan fingerprint density at radius 1 is 0.816 bits per heavy atom. The van der Waals surface area contributed by atoms with Gasteiger partial charge in [-0.3, -0.25) is 9.59 Å². The van der Waals surface area contributed by atoms with E-state index < -0.39 is 35.6 Å². The van der Waals surface area contributed by atoms with Crippen LogP contribution in [0.25, 0.3) is 11.1 Å². The third kappa shape index (κ3) is 4.82. The zero-order chi connectivity index (χ0) is 27.0. The summed E-state index contributed by atoms with van der Waals surface area (Å²) in [4.78, 5) is 26.4. The van der Waals surface area contributed by atoms with Gasteiger partial charge in [-0.05, 0) is 53.4 Å². The fourth-order valence-electron chi connectivity index (χ4n) is 4.73. The number of aliphatic hydroxyl groups excluding tert-OH is 1. The monoisotopic (exact) mass is 519 g/mol. The zero-order valence-electron chi connectivity index (χ0n) is 19.8. The van der Waals surface area contributed by atoms with E-state index in [1.165, 1.54) is 36.4 Å². The second-order valence-electron chi connectivity index (χ2n) is 9.08. The molecule has 38 heavy (non-hydrogen) atoms. The van der Waals surface area contributed by atoms with Gasteiger partial charge in [-0.15, -0.1) is 0 Å². The maximum atomic E-state index is 13.6. The smallest absolute Gasteiger partial charge is 0.386 e. The van der Waals surface area contributed by atoms with E-state index in [2.05, 4.69) is 5.32 Å². The van der Waals surface area contributed by atoms with Crippen LogP contribution < -0.4 is 5.32 Å². The van der Waals surface area contributed by atoms with E-state index in [0.29, 0.717) is 33.4 Å². The topological polar surface area (TPSA) is 66.4 Å². The molecule has 8 heteroatoms. The minimum absolute atomic E-state index is 0.00698. The predicted molar refractivity (Wildman–Crippen MR) is 133 cm³/mol. The Morgan fingerprint density at radius 3 is 2.11 bits per heavy atom. The number of hydrogen-bond donors (Lipinski definition) is 2. The van der Waals surface area contributed by atoms with E-state index in [-0.39, 0.29) is 17.8 Å². The third-order valence-corrected chi connectivity index (χ3v) is 6.64. The highest BCUT2D eigenvalue weighted by molar-refractivity contribution is 6.24. The molecular formula is C30H21F4NO3. The minimum Gasteiger partial charge on any atom is -0.386 e. The Labute approximate surface area is 215 Å². The number of rotatable bonds is 6. The average Bonchev–Trinajstić information content (AvgIpc) is 3.20. The number of alkyl halides is 3. The molecule has 0 aliphatic heterocycles. The number of nitrogens with one attached hydrogen (secondary N) is 1. The lowest BCUT2D eigenvalue weighted by molar-refractivity contribution is -0.137. The third-order valence-electron chi connectivity index (χ3n) is 6.64. The molecule has 0 aromatic heterocycles. The Bertz CT molecular complexity index is 1510. The average molecular weight is 519 g/mol. The molecule has 0 saturated carbocycles. The van der Waals surface area contributed by atoms with E-state index in [1.54, 1.807) is 42.5 Å². The summed E-state index contributed by atoms with van der Waals surface area (Å²) in [5.74, 6) is -1.27. The van der Waals surface area contributed by atoms with E-state index >= 15 is 0 Å². The van der Waals surface area contributed by atoms with Crippen LogP contribution in [0.4, 0.5) is 17.6 Å². The fourth-order valence-corrected chi connectivity index (χ4v) is 4.73. The summed E-state index contributed by atoms with van der Waals surface area (Å²) in [6.45, 7) is 0. The maximum Gasteiger partial charge on any atom is 0.416 e. The van der Waals surface area contributed by atoms with E-state index in [4.69, 9.17) is 0 Å². The second-order valence-corrected chi connectivity index (χ2v) is 9.08. The molecule has 1 amide bonds. The van der Waals surface area contributed by atoms with Crippen molar-refractivity contribution in [3.63, 3.8) is 0 Å². The normalized spacial score (nSPS) is 14.0. The summed E-state index contributed by atoms with van der Waals surface area (Å²) in [5.41, 5.74) is 2.15. The molecule has 4 nitrogen and oxygen atoms in total. The van der Waals surface area contributed by atoms with Crippen LogP contribution >= 0.6 is 0 Å². The highest BCUT2D eigenvalue weighted by atomic mass is 19.4. The van der Waals surface area contributed by atoms with Crippen LogP contribution in [0.1, 0.15) is 49.1 Å². The number of amides is 1. The van der Waals surface area contributed by atoms with E-state index in [1.807, 2.05) is 0 Å². The van der Waals surface area contributed by atoms with Crippen molar-refractivity contribution in [3.8, 4) is 11.1 Å². The summed E-state index contributed by atoms with van der Waals surface area (Å²) in [6, 6.07) is 20.3. The van der Waals surface area contributed by atoms with Gasteiger partial charge < -0.3 is 10.4 Å². The summed E-state index contributed by atoms with van der Waals surface area (Å²) in [6.07, 6.45) is -5.80. The van der Waals surface area contributed by atoms with Gasteiger partial charge in [-0.2, -0.15) is 13.2 Å². The van der Waals surface area contributed by atoms with E-state index in [0.717, 1.165) is 12.1 Å². The molecule has 0 spiro atoms. The van der Waals surface area contributed by atoms with Crippen molar-refractivity contribution >= 4 is 11.7 Å². The highest BCUT2D eigenvalue weighted by Crippen LogP contribution is 2.39. The molecule has 192 valence electrons. The molecule has 4 aromatic carbocycles. The maximum absolute atomic E-state index is 13.6. The van der Waals surface area contributed by atoms with Crippen LogP contribution in [-0.2, 0) is 12.6 Å². The van der Waals surface area contributed by atoms with Crippen LogP contribution in [0, 0.1) is 5.82 Å². The Morgan fingerprint density at radius 2 is 1.45 bits per heavy atom. The fraction of sp³-hybridized carbons (Fsp3) is 0.133. The number of fused-ring (bicyclic) bond motifs is 3. The lowest BCUT2D eigenvalue weighted by Crippen LogP contribution is -2.41. The molecule has 0 saturated heterocycles. The number of hydrogen-bond acceptors (Lipinski definition) is 3. The number of benzene rings is 4. The van der Waals surface area contributed by atoms with Gasteiger partial charge in [0.15, 0.2) is 5.78 Å². The van der Waals surface area contributed by atoms with Crippen molar-refractivity contribution in [1.29, 1.82) is 0 Å². The van der Waals surface area contributed by atoms with Crippen LogP contribution in [-0.4, -0.2) is 22.8 Å². The largest absolute Gasteiger partial charge is 0.416 e. The first kappa shape index (κ1) is 25.4. The van der Waals surface area contributed by atoms with Crippen molar-refractivity contribution in [2.45, 2.75) is 24.7 Å². The number of ketones is 1.